The Kier molecular flexibility index (Phi) is 9.11. The molecule has 2 aromatic carbocycles. The fourth-order valence-electron chi connectivity index (χ4n) is 4.74. The number of amides is 1. The van der Waals surface area contributed by atoms with Crippen molar-refractivity contribution in [3.8, 4) is 0 Å². The zero-order valence-electron chi connectivity index (χ0n) is 21.9. The first-order chi connectivity index (χ1) is 17.7. The number of carbonyl (C=O) groups is 1. The number of benzene rings is 2. The van der Waals surface area contributed by atoms with Crippen LogP contribution in [0.2, 0.25) is 5.02 Å². The van der Waals surface area contributed by atoms with Crippen LogP contribution in [0.15, 0.2) is 48.7 Å². The Morgan fingerprint density at radius 2 is 1.89 bits per heavy atom. The molecule has 0 bridgehead atoms. The van der Waals surface area contributed by atoms with Crippen molar-refractivity contribution in [1.82, 2.24) is 15.2 Å². The van der Waals surface area contributed by atoms with Gasteiger partial charge in [0.05, 0.1) is 12.1 Å². The molecule has 1 aromatic heterocycles. The summed E-state index contributed by atoms with van der Waals surface area (Å²) < 4.78 is 27.6. The van der Waals surface area contributed by atoms with Crippen LogP contribution >= 0.6 is 11.6 Å². The number of fused-ring (bicyclic) bond motifs is 1. The summed E-state index contributed by atoms with van der Waals surface area (Å²) in [6, 6.07) is 12.9. The van der Waals surface area contributed by atoms with Gasteiger partial charge in [-0.2, -0.15) is 0 Å². The summed E-state index contributed by atoms with van der Waals surface area (Å²) in [5.41, 5.74) is 2.45. The molecule has 1 amide bonds. The largest absolute Gasteiger partial charge is 0.444 e. The molecule has 6 nitrogen and oxygen atoms in total. The highest BCUT2D eigenvalue weighted by Gasteiger charge is 2.29. The Morgan fingerprint density at radius 1 is 1.14 bits per heavy atom. The number of hydrogen-bond donors (Lipinski definition) is 2. The Balaban J connectivity index is 1.15. The standard InChI is InChI=1S/C29H37ClFN3O3/c1-29(2,3)37-28(35)33-16-21-12-22(13-21)19-36-11-9-32-17-23-14-25(31)15-27-26(23)8-10-34(27)18-20-4-6-24(30)7-5-20/h4-8,10,14-15,21-22,32H,9,11-13,16-19H2,1-3H3,(H,33,35). The van der Waals surface area contributed by atoms with Crippen LogP contribution in [0, 0.1) is 17.7 Å². The van der Waals surface area contributed by atoms with Crippen LogP contribution in [-0.4, -0.2) is 42.6 Å². The molecule has 0 unspecified atom stereocenters. The molecule has 0 saturated heterocycles. The van der Waals surface area contributed by atoms with Crippen molar-refractivity contribution in [1.29, 1.82) is 0 Å². The van der Waals surface area contributed by atoms with E-state index in [0.29, 0.717) is 49.6 Å². The van der Waals surface area contributed by atoms with E-state index >= 15 is 0 Å². The van der Waals surface area contributed by atoms with Gasteiger partial charge < -0.3 is 24.7 Å². The lowest BCUT2D eigenvalue weighted by Crippen LogP contribution is -2.40. The smallest absolute Gasteiger partial charge is 0.407 e. The van der Waals surface area contributed by atoms with Crippen molar-refractivity contribution in [3.05, 3.63) is 70.6 Å². The van der Waals surface area contributed by atoms with Crippen molar-refractivity contribution in [2.75, 3.05) is 26.3 Å². The number of rotatable bonds is 11. The summed E-state index contributed by atoms with van der Waals surface area (Å²) in [7, 11) is 0. The Hall–Kier alpha value is -2.61. The third kappa shape index (κ3) is 8.19. The molecule has 2 N–H and O–H groups in total. The van der Waals surface area contributed by atoms with Gasteiger partial charge in [0, 0.05) is 49.4 Å². The molecule has 1 heterocycles. The van der Waals surface area contributed by atoms with Crippen LogP contribution in [0.25, 0.3) is 10.9 Å². The first-order valence-corrected chi connectivity index (χ1v) is 13.3. The van der Waals surface area contributed by atoms with Gasteiger partial charge in [0.2, 0.25) is 0 Å². The first-order valence-electron chi connectivity index (χ1n) is 12.9. The average molecular weight is 530 g/mol. The van der Waals surface area contributed by atoms with Gasteiger partial charge in [-0.3, -0.25) is 0 Å². The molecule has 8 heteroatoms. The summed E-state index contributed by atoms with van der Waals surface area (Å²) >= 11 is 5.99. The van der Waals surface area contributed by atoms with Crippen LogP contribution in [-0.2, 0) is 22.6 Å². The van der Waals surface area contributed by atoms with E-state index in [0.717, 1.165) is 41.5 Å². The fourth-order valence-corrected chi connectivity index (χ4v) is 4.87. The zero-order valence-corrected chi connectivity index (χ0v) is 22.6. The predicted octanol–water partition coefficient (Wildman–Crippen LogP) is 6.14. The SMILES string of the molecule is CC(C)(C)OC(=O)NCC1CC(COCCNCc2cc(F)cc3c2ccn3Cc2ccc(Cl)cc2)C1. The minimum atomic E-state index is -0.474. The van der Waals surface area contributed by atoms with Gasteiger partial charge in [-0.1, -0.05) is 23.7 Å². The number of halogens is 2. The Labute approximate surface area is 223 Å². The molecule has 4 rings (SSSR count). The highest BCUT2D eigenvalue weighted by molar-refractivity contribution is 6.30. The number of hydrogen-bond acceptors (Lipinski definition) is 4. The minimum Gasteiger partial charge on any atom is -0.444 e. The second-order valence-corrected chi connectivity index (χ2v) is 11.3. The summed E-state index contributed by atoms with van der Waals surface area (Å²) in [5.74, 6) is 0.785. The van der Waals surface area contributed by atoms with Gasteiger partial charge in [-0.15, -0.1) is 0 Å². The van der Waals surface area contributed by atoms with Crippen molar-refractivity contribution in [2.45, 2.75) is 52.3 Å². The third-order valence-corrected chi connectivity index (χ3v) is 6.82. The molecule has 0 aliphatic heterocycles. The number of alkyl carbamates (subject to hydrolysis) is 1. The van der Waals surface area contributed by atoms with Crippen LogP contribution in [0.3, 0.4) is 0 Å². The van der Waals surface area contributed by atoms with Crippen LogP contribution < -0.4 is 10.6 Å². The Bertz CT molecular complexity index is 1180. The molecule has 0 spiro atoms. The number of nitrogens with zero attached hydrogens (tertiary/aromatic N) is 1. The van der Waals surface area contributed by atoms with E-state index in [9.17, 15) is 9.18 Å². The van der Waals surface area contributed by atoms with E-state index in [1.807, 2.05) is 57.3 Å². The second kappa shape index (κ2) is 12.3. The van der Waals surface area contributed by atoms with Crippen LogP contribution in [0.5, 0.6) is 0 Å². The molecule has 0 atom stereocenters. The van der Waals surface area contributed by atoms with Gasteiger partial charge in [0.15, 0.2) is 0 Å². The van der Waals surface area contributed by atoms with Crippen LogP contribution in [0.1, 0.15) is 44.7 Å². The van der Waals surface area contributed by atoms with Crippen molar-refractivity contribution in [2.24, 2.45) is 11.8 Å². The lowest BCUT2D eigenvalue weighted by Gasteiger charge is -2.35. The predicted molar refractivity (Wildman–Crippen MR) is 145 cm³/mol. The third-order valence-electron chi connectivity index (χ3n) is 6.56. The molecule has 3 aromatic rings. The summed E-state index contributed by atoms with van der Waals surface area (Å²) in [4.78, 5) is 11.7. The molecule has 200 valence electrons. The quantitative estimate of drug-likeness (QED) is 0.293. The molecular weight excluding hydrogens is 493 g/mol. The fraction of sp³-hybridized carbons (Fsp3) is 0.483. The second-order valence-electron chi connectivity index (χ2n) is 10.9. The first kappa shape index (κ1) is 27.4. The molecule has 37 heavy (non-hydrogen) atoms. The van der Waals surface area contributed by atoms with Gasteiger partial charge >= 0.3 is 6.09 Å². The molecule has 1 aliphatic carbocycles. The van der Waals surface area contributed by atoms with Gasteiger partial charge in [-0.05, 0) is 86.9 Å². The van der Waals surface area contributed by atoms with E-state index in [1.54, 1.807) is 12.1 Å². The zero-order chi connectivity index (χ0) is 26.4. The molecule has 1 saturated carbocycles. The van der Waals surface area contributed by atoms with Crippen molar-refractivity contribution < 1.29 is 18.7 Å². The van der Waals surface area contributed by atoms with E-state index in [2.05, 4.69) is 15.2 Å². The maximum atomic E-state index is 14.4. The van der Waals surface area contributed by atoms with Crippen molar-refractivity contribution in [3.63, 3.8) is 0 Å². The molecule has 1 aliphatic rings. The maximum Gasteiger partial charge on any atom is 0.407 e. The minimum absolute atomic E-state index is 0.239. The summed E-state index contributed by atoms with van der Waals surface area (Å²) in [5, 5.41) is 7.98. The van der Waals surface area contributed by atoms with Gasteiger partial charge in [-0.25, -0.2) is 9.18 Å². The monoisotopic (exact) mass is 529 g/mol. The normalized spacial score (nSPS) is 17.5. The maximum absolute atomic E-state index is 14.4. The number of carbonyl (C=O) groups excluding carboxylic acids is 1. The topological polar surface area (TPSA) is 64.5 Å². The van der Waals surface area contributed by atoms with E-state index in [1.165, 1.54) is 0 Å². The molecular formula is C29H37ClFN3O3. The molecule has 1 fully saturated rings. The van der Waals surface area contributed by atoms with E-state index < -0.39 is 5.60 Å². The number of aromatic nitrogens is 1. The average Bonchev–Trinajstić information content (AvgIpc) is 3.19. The highest BCUT2D eigenvalue weighted by Crippen LogP contribution is 2.33. The Morgan fingerprint density at radius 3 is 2.62 bits per heavy atom. The van der Waals surface area contributed by atoms with E-state index in [-0.39, 0.29) is 11.9 Å². The lowest BCUT2D eigenvalue weighted by atomic mass is 9.75. The summed E-state index contributed by atoms with van der Waals surface area (Å²) in [6.45, 7) is 9.48. The van der Waals surface area contributed by atoms with Crippen molar-refractivity contribution >= 4 is 28.6 Å². The number of ether oxygens (including phenoxy) is 2. The van der Waals surface area contributed by atoms with E-state index in [4.69, 9.17) is 21.1 Å². The van der Waals surface area contributed by atoms with Gasteiger partial charge in [0.25, 0.3) is 0 Å². The van der Waals surface area contributed by atoms with Gasteiger partial charge in [0.1, 0.15) is 11.4 Å². The summed E-state index contributed by atoms with van der Waals surface area (Å²) in [6.07, 6.45) is 3.75. The van der Waals surface area contributed by atoms with Crippen LogP contribution in [0.4, 0.5) is 9.18 Å². The molecule has 0 radical (unpaired) electrons. The highest BCUT2D eigenvalue weighted by atomic mass is 35.5. The lowest BCUT2D eigenvalue weighted by molar-refractivity contribution is 0.0362. The number of nitrogens with one attached hydrogen (secondary N) is 2.